The van der Waals surface area contributed by atoms with Gasteiger partial charge >= 0.3 is 0 Å². The van der Waals surface area contributed by atoms with Gasteiger partial charge in [-0.05, 0) is 43.4 Å². The number of amides is 2. The molecular formula is C19H28N2O3. The van der Waals surface area contributed by atoms with Gasteiger partial charge < -0.3 is 15.0 Å². The van der Waals surface area contributed by atoms with Gasteiger partial charge in [0, 0.05) is 32.0 Å². The van der Waals surface area contributed by atoms with Crippen LogP contribution in [-0.2, 0) is 16.0 Å². The van der Waals surface area contributed by atoms with Gasteiger partial charge in [-0.2, -0.15) is 0 Å². The van der Waals surface area contributed by atoms with E-state index in [2.05, 4.69) is 12.2 Å². The number of benzene rings is 1. The SMILES string of the molecule is COc1ccc(C[C@H](C)N(C)C(=O)CCNC(=O)[C@H]2C[C@@H]2C)cc1. The van der Waals surface area contributed by atoms with Crippen LogP contribution in [0.4, 0.5) is 0 Å². The Morgan fingerprint density at radius 3 is 2.50 bits per heavy atom. The molecule has 24 heavy (non-hydrogen) atoms. The largest absolute Gasteiger partial charge is 0.497 e. The highest BCUT2D eigenvalue weighted by Gasteiger charge is 2.38. The quantitative estimate of drug-likeness (QED) is 0.794. The molecule has 0 saturated heterocycles. The molecule has 5 heteroatoms. The topological polar surface area (TPSA) is 58.6 Å². The molecule has 1 N–H and O–H groups in total. The van der Waals surface area contributed by atoms with Gasteiger partial charge in [0.2, 0.25) is 11.8 Å². The summed E-state index contributed by atoms with van der Waals surface area (Å²) in [5, 5.41) is 2.86. The van der Waals surface area contributed by atoms with Gasteiger partial charge in [-0.15, -0.1) is 0 Å². The van der Waals surface area contributed by atoms with Crippen molar-refractivity contribution in [3.05, 3.63) is 29.8 Å². The summed E-state index contributed by atoms with van der Waals surface area (Å²) >= 11 is 0. The van der Waals surface area contributed by atoms with E-state index in [1.807, 2.05) is 38.2 Å². The minimum Gasteiger partial charge on any atom is -0.497 e. The second-order valence-corrected chi connectivity index (χ2v) is 6.77. The highest BCUT2D eigenvalue weighted by Crippen LogP contribution is 2.37. The summed E-state index contributed by atoms with van der Waals surface area (Å²) in [5.41, 5.74) is 1.17. The van der Waals surface area contributed by atoms with E-state index in [1.165, 1.54) is 5.56 Å². The lowest BCUT2D eigenvalue weighted by Gasteiger charge is -2.25. The number of nitrogens with zero attached hydrogens (tertiary/aromatic N) is 1. The van der Waals surface area contributed by atoms with E-state index in [-0.39, 0.29) is 23.8 Å². The van der Waals surface area contributed by atoms with Crippen LogP contribution in [0, 0.1) is 11.8 Å². The number of methoxy groups -OCH3 is 1. The third kappa shape index (κ3) is 4.98. The van der Waals surface area contributed by atoms with Crippen LogP contribution in [0.2, 0.25) is 0 Å². The average molecular weight is 332 g/mol. The number of carbonyl (C=O) groups excluding carboxylic acids is 2. The standard InChI is InChI=1S/C19H28N2O3/c1-13-11-17(13)19(23)20-10-9-18(22)21(3)14(2)12-15-5-7-16(24-4)8-6-15/h5-8,13-14,17H,9-12H2,1-4H3,(H,20,23)/t13-,14-,17-/m0/s1. The number of nitrogens with one attached hydrogen (secondary N) is 1. The molecule has 1 fully saturated rings. The molecule has 3 atom stereocenters. The van der Waals surface area contributed by atoms with Crippen LogP contribution in [0.1, 0.15) is 32.3 Å². The van der Waals surface area contributed by atoms with Gasteiger partial charge in [-0.3, -0.25) is 9.59 Å². The minimum atomic E-state index is 0.0557. The molecule has 0 bridgehead atoms. The summed E-state index contributed by atoms with van der Waals surface area (Å²) in [5.74, 6) is 1.63. The lowest BCUT2D eigenvalue weighted by Crippen LogP contribution is -2.38. The zero-order valence-corrected chi connectivity index (χ0v) is 15.0. The van der Waals surface area contributed by atoms with E-state index in [1.54, 1.807) is 12.0 Å². The van der Waals surface area contributed by atoms with Crippen molar-refractivity contribution in [1.82, 2.24) is 10.2 Å². The first kappa shape index (κ1) is 18.3. The molecule has 1 aromatic carbocycles. The fraction of sp³-hybridized carbons (Fsp3) is 0.579. The monoisotopic (exact) mass is 332 g/mol. The van der Waals surface area contributed by atoms with E-state index >= 15 is 0 Å². The zero-order valence-electron chi connectivity index (χ0n) is 15.0. The van der Waals surface area contributed by atoms with Crippen molar-refractivity contribution in [2.45, 2.75) is 39.2 Å². The van der Waals surface area contributed by atoms with Gasteiger partial charge in [-0.1, -0.05) is 19.1 Å². The first-order chi connectivity index (χ1) is 11.4. The maximum atomic E-state index is 12.3. The van der Waals surface area contributed by atoms with Crippen molar-refractivity contribution < 1.29 is 14.3 Å². The minimum absolute atomic E-state index is 0.0557. The van der Waals surface area contributed by atoms with Crippen LogP contribution >= 0.6 is 0 Å². The number of carbonyl (C=O) groups is 2. The number of likely N-dealkylation sites (N-methyl/N-ethyl adjacent to an activating group) is 1. The molecule has 1 aromatic rings. The van der Waals surface area contributed by atoms with Gasteiger partial charge in [-0.25, -0.2) is 0 Å². The predicted molar refractivity (Wildman–Crippen MR) is 93.8 cm³/mol. The molecule has 5 nitrogen and oxygen atoms in total. The second-order valence-electron chi connectivity index (χ2n) is 6.77. The highest BCUT2D eigenvalue weighted by atomic mass is 16.5. The molecule has 0 aliphatic heterocycles. The Balaban J connectivity index is 1.73. The molecular weight excluding hydrogens is 304 g/mol. The van der Waals surface area contributed by atoms with Gasteiger partial charge in [0.15, 0.2) is 0 Å². The Bertz CT molecular complexity index is 570. The molecule has 2 rings (SSSR count). The van der Waals surface area contributed by atoms with Crippen molar-refractivity contribution in [3.8, 4) is 5.75 Å². The van der Waals surface area contributed by atoms with E-state index in [4.69, 9.17) is 4.74 Å². The summed E-state index contributed by atoms with van der Waals surface area (Å²) in [4.78, 5) is 25.8. The predicted octanol–water partition coefficient (Wildman–Crippen LogP) is 2.25. The van der Waals surface area contributed by atoms with E-state index in [0.29, 0.717) is 18.9 Å². The van der Waals surface area contributed by atoms with E-state index in [0.717, 1.165) is 18.6 Å². The third-order valence-corrected chi connectivity index (χ3v) is 4.83. The smallest absolute Gasteiger partial charge is 0.224 e. The molecule has 0 radical (unpaired) electrons. The molecule has 1 aliphatic rings. The maximum absolute atomic E-state index is 12.3. The van der Waals surface area contributed by atoms with Gasteiger partial charge in [0.05, 0.1) is 7.11 Å². The van der Waals surface area contributed by atoms with Crippen LogP contribution in [-0.4, -0.2) is 43.5 Å². The Morgan fingerprint density at radius 2 is 1.96 bits per heavy atom. The van der Waals surface area contributed by atoms with Crippen LogP contribution < -0.4 is 10.1 Å². The summed E-state index contributed by atoms with van der Waals surface area (Å²) in [7, 11) is 3.47. The average Bonchev–Trinajstić information content (AvgIpc) is 3.31. The molecule has 2 amide bonds. The van der Waals surface area contributed by atoms with Gasteiger partial charge in [0.1, 0.15) is 5.75 Å². The Hall–Kier alpha value is -2.04. The number of ether oxygens (including phenoxy) is 1. The fourth-order valence-corrected chi connectivity index (χ4v) is 2.77. The van der Waals surface area contributed by atoms with Gasteiger partial charge in [0.25, 0.3) is 0 Å². The van der Waals surface area contributed by atoms with Crippen molar-refractivity contribution in [2.75, 3.05) is 20.7 Å². The summed E-state index contributed by atoms with van der Waals surface area (Å²) in [6.45, 7) is 4.52. The fourth-order valence-electron chi connectivity index (χ4n) is 2.77. The Labute approximate surface area is 144 Å². The number of hydrogen-bond donors (Lipinski definition) is 1. The summed E-state index contributed by atoms with van der Waals surface area (Å²) in [6, 6.07) is 8.00. The zero-order chi connectivity index (χ0) is 17.7. The molecule has 1 saturated carbocycles. The first-order valence-electron chi connectivity index (χ1n) is 8.58. The molecule has 132 valence electrons. The molecule has 0 aromatic heterocycles. The molecule has 0 spiro atoms. The number of rotatable bonds is 8. The van der Waals surface area contributed by atoms with E-state index in [9.17, 15) is 9.59 Å². The summed E-state index contributed by atoms with van der Waals surface area (Å²) in [6.07, 6.45) is 2.10. The number of hydrogen-bond acceptors (Lipinski definition) is 3. The molecule has 0 heterocycles. The molecule has 0 unspecified atom stereocenters. The van der Waals surface area contributed by atoms with Crippen molar-refractivity contribution in [3.63, 3.8) is 0 Å². The van der Waals surface area contributed by atoms with E-state index < -0.39 is 0 Å². The second kappa shape index (κ2) is 8.18. The van der Waals surface area contributed by atoms with Crippen LogP contribution in [0.25, 0.3) is 0 Å². The third-order valence-electron chi connectivity index (χ3n) is 4.83. The maximum Gasteiger partial charge on any atom is 0.224 e. The van der Waals surface area contributed by atoms with Crippen LogP contribution in [0.15, 0.2) is 24.3 Å². The highest BCUT2D eigenvalue weighted by molar-refractivity contribution is 5.82. The lowest BCUT2D eigenvalue weighted by molar-refractivity contribution is -0.131. The molecule has 1 aliphatic carbocycles. The van der Waals surface area contributed by atoms with Crippen LogP contribution in [0.3, 0.4) is 0 Å². The van der Waals surface area contributed by atoms with Crippen molar-refractivity contribution >= 4 is 11.8 Å². The van der Waals surface area contributed by atoms with Crippen molar-refractivity contribution in [2.24, 2.45) is 11.8 Å². The van der Waals surface area contributed by atoms with Crippen LogP contribution in [0.5, 0.6) is 5.75 Å². The van der Waals surface area contributed by atoms with Crippen molar-refractivity contribution in [1.29, 1.82) is 0 Å². The Morgan fingerprint density at radius 1 is 1.33 bits per heavy atom. The first-order valence-corrected chi connectivity index (χ1v) is 8.58. The normalized spacial score (nSPS) is 20.2. The Kier molecular flexibility index (Phi) is 6.23. The summed E-state index contributed by atoms with van der Waals surface area (Å²) < 4.78 is 5.15. The lowest BCUT2D eigenvalue weighted by atomic mass is 10.1.